The van der Waals surface area contributed by atoms with Crippen LogP contribution >= 0.6 is 11.3 Å². The molecule has 0 saturated carbocycles. The molecule has 0 aliphatic carbocycles. The Morgan fingerprint density at radius 2 is 2.13 bits per heavy atom. The molecule has 3 rings (SSSR count). The minimum Gasteiger partial charge on any atom is -0.497 e. The van der Waals surface area contributed by atoms with E-state index in [0.29, 0.717) is 11.7 Å². The molecule has 0 bridgehead atoms. The Hall–Kier alpha value is -3.26. The number of thiazole rings is 1. The van der Waals surface area contributed by atoms with Gasteiger partial charge in [0.15, 0.2) is 5.13 Å². The van der Waals surface area contributed by atoms with Crippen LogP contribution in [0.15, 0.2) is 29.6 Å². The van der Waals surface area contributed by atoms with Crippen LogP contribution in [0.3, 0.4) is 0 Å². The largest absolute Gasteiger partial charge is 0.497 e. The fraction of sp³-hybridized carbons (Fsp3) is 0.368. The second-order valence-electron chi connectivity index (χ2n) is 6.65. The van der Waals surface area contributed by atoms with Gasteiger partial charge < -0.3 is 20.3 Å². The Labute approximate surface area is 175 Å². The monoisotopic (exact) mass is 435 g/mol. The van der Waals surface area contributed by atoms with Gasteiger partial charge in [-0.3, -0.25) is 9.59 Å². The van der Waals surface area contributed by atoms with Crippen molar-refractivity contribution in [2.75, 3.05) is 25.5 Å². The van der Waals surface area contributed by atoms with Crippen molar-refractivity contribution in [3.63, 3.8) is 0 Å². The van der Waals surface area contributed by atoms with Crippen molar-refractivity contribution in [1.82, 2.24) is 15.2 Å². The number of ether oxygens (including phenoxy) is 1. The highest BCUT2D eigenvalue weighted by atomic mass is 32.1. The molecule has 1 aromatic heterocycles. The Balaban J connectivity index is 1.50. The third-order valence-electron chi connectivity index (χ3n) is 4.48. The second kappa shape index (κ2) is 9.04. The van der Waals surface area contributed by atoms with Crippen LogP contribution in [0.25, 0.3) is 0 Å². The number of carbonyl (C=O) groups is 2. The van der Waals surface area contributed by atoms with Gasteiger partial charge in [0.05, 0.1) is 26.3 Å². The van der Waals surface area contributed by atoms with E-state index in [1.165, 1.54) is 16.7 Å². The summed E-state index contributed by atoms with van der Waals surface area (Å²) in [7, 11) is 1.59. The highest BCUT2D eigenvalue weighted by Crippen LogP contribution is 2.31. The number of likely N-dealkylation sites (tertiary alicyclic amines) is 1. The maximum Gasteiger partial charge on any atom is 0.271 e. The highest BCUT2D eigenvalue weighted by Gasteiger charge is 2.47. The SMILES string of the molecule is COc1ccc(CNc2nc(C(=O)NCC(=O)N3CC(F)(F)C[C@H]3C#N)cs2)cc1. The lowest BCUT2D eigenvalue weighted by atomic mass is 10.2. The molecule has 11 heteroatoms. The van der Waals surface area contributed by atoms with E-state index >= 15 is 0 Å². The van der Waals surface area contributed by atoms with Crippen molar-refractivity contribution in [1.29, 1.82) is 5.26 Å². The summed E-state index contributed by atoms with van der Waals surface area (Å²) in [5.74, 6) is -3.68. The summed E-state index contributed by atoms with van der Waals surface area (Å²) in [4.78, 5) is 29.3. The average molecular weight is 435 g/mol. The van der Waals surface area contributed by atoms with E-state index in [9.17, 15) is 18.4 Å². The summed E-state index contributed by atoms with van der Waals surface area (Å²) in [6.07, 6.45) is -0.696. The third kappa shape index (κ3) is 5.21. The zero-order chi connectivity index (χ0) is 21.7. The van der Waals surface area contributed by atoms with E-state index < -0.39 is 43.3 Å². The Morgan fingerprint density at radius 1 is 1.40 bits per heavy atom. The van der Waals surface area contributed by atoms with Gasteiger partial charge in [0.25, 0.3) is 11.8 Å². The van der Waals surface area contributed by atoms with Crippen LogP contribution in [0.4, 0.5) is 13.9 Å². The summed E-state index contributed by atoms with van der Waals surface area (Å²) >= 11 is 1.22. The first-order chi connectivity index (χ1) is 14.3. The fourth-order valence-corrected chi connectivity index (χ4v) is 3.61. The second-order valence-corrected chi connectivity index (χ2v) is 7.51. The van der Waals surface area contributed by atoms with E-state index in [-0.39, 0.29) is 5.69 Å². The van der Waals surface area contributed by atoms with E-state index in [1.54, 1.807) is 13.2 Å². The zero-order valence-corrected chi connectivity index (χ0v) is 16.8. The minimum atomic E-state index is -3.10. The lowest BCUT2D eigenvalue weighted by Gasteiger charge is -2.19. The number of hydrogen-bond acceptors (Lipinski definition) is 7. The summed E-state index contributed by atoms with van der Waals surface area (Å²) in [6, 6.07) is 7.96. The molecule has 1 fully saturated rings. The first-order valence-electron chi connectivity index (χ1n) is 8.99. The molecular weight excluding hydrogens is 416 g/mol. The van der Waals surface area contributed by atoms with E-state index in [4.69, 9.17) is 10.00 Å². The summed E-state index contributed by atoms with van der Waals surface area (Å²) < 4.78 is 32.0. The van der Waals surface area contributed by atoms with Crippen LogP contribution in [-0.4, -0.2) is 53.9 Å². The van der Waals surface area contributed by atoms with Crippen LogP contribution in [-0.2, 0) is 11.3 Å². The minimum absolute atomic E-state index is 0.105. The van der Waals surface area contributed by atoms with Crippen LogP contribution in [0.5, 0.6) is 5.75 Å². The molecule has 2 amide bonds. The predicted molar refractivity (Wildman–Crippen MR) is 105 cm³/mol. The van der Waals surface area contributed by atoms with Gasteiger partial charge in [-0.1, -0.05) is 12.1 Å². The molecule has 1 atom stereocenters. The smallest absolute Gasteiger partial charge is 0.271 e. The number of anilines is 1. The maximum absolute atomic E-state index is 13.4. The van der Waals surface area contributed by atoms with Gasteiger partial charge in [-0.2, -0.15) is 5.26 Å². The van der Waals surface area contributed by atoms with E-state index in [2.05, 4.69) is 15.6 Å². The van der Waals surface area contributed by atoms with Crippen LogP contribution in [0, 0.1) is 11.3 Å². The first kappa shape index (κ1) is 21.4. The third-order valence-corrected chi connectivity index (χ3v) is 5.28. The van der Waals surface area contributed by atoms with Gasteiger partial charge in [0, 0.05) is 18.3 Å². The molecule has 1 aliphatic heterocycles. The lowest BCUT2D eigenvalue weighted by Crippen LogP contribution is -2.43. The standard InChI is InChI=1S/C19H19F2N5O3S/c1-29-14-4-2-12(3-5-14)8-24-18-25-15(10-30-18)17(28)23-9-16(27)26-11-19(20,21)6-13(26)7-22/h2-5,10,13H,6,8-9,11H2,1H3,(H,23,28)(H,24,25)/t13-/m0/s1. The number of amides is 2. The molecule has 2 aromatic rings. The molecule has 1 aromatic carbocycles. The van der Waals surface area contributed by atoms with E-state index in [0.717, 1.165) is 16.2 Å². The zero-order valence-electron chi connectivity index (χ0n) is 16.0. The van der Waals surface area contributed by atoms with Gasteiger partial charge in [0.2, 0.25) is 5.91 Å². The predicted octanol–water partition coefficient (Wildman–Crippen LogP) is 2.25. The van der Waals surface area contributed by atoms with Crippen molar-refractivity contribution in [3.8, 4) is 11.8 Å². The molecule has 0 spiro atoms. The van der Waals surface area contributed by atoms with Gasteiger partial charge in [-0.15, -0.1) is 11.3 Å². The van der Waals surface area contributed by atoms with Gasteiger partial charge in [-0.25, -0.2) is 13.8 Å². The van der Waals surface area contributed by atoms with Crippen molar-refractivity contribution in [3.05, 3.63) is 40.9 Å². The Kier molecular flexibility index (Phi) is 6.47. The van der Waals surface area contributed by atoms with Gasteiger partial charge >= 0.3 is 0 Å². The summed E-state index contributed by atoms with van der Waals surface area (Å²) in [5.41, 5.74) is 1.10. The normalized spacial score (nSPS) is 17.3. The number of hydrogen-bond donors (Lipinski definition) is 2. The van der Waals surface area contributed by atoms with Crippen molar-refractivity contribution in [2.24, 2.45) is 0 Å². The molecule has 0 radical (unpaired) electrons. The summed E-state index contributed by atoms with van der Waals surface area (Å²) in [5, 5.41) is 16.5. The molecule has 2 heterocycles. The fourth-order valence-electron chi connectivity index (χ4n) is 2.92. The molecular formula is C19H19F2N5O3S. The quantitative estimate of drug-likeness (QED) is 0.691. The van der Waals surface area contributed by atoms with Crippen LogP contribution in [0.2, 0.25) is 0 Å². The Morgan fingerprint density at radius 3 is 2.80 bits per heavy atom. The molecule has 1 aliphatic rings. The number of nitrogens with zero attached hydrogens (tertiary/aromatic N) is 3. The Bertz CT molecular complexity index is 958. The first-order valence-corrected chi connectivity index (χ1v) is 9.87. The topological polar surface area (TPSA) is 107 Å². The molecule has 30 heavy (non-hydrogen) atoms. The number of benzene rings is 1. The van der Waals surface area contributed by atoms with Gasteiger partial charge in [-0.05, 0) is 17.7 Å². The number of methoxy groups -OCH3 is 1. The number of halogens is 2. The van der Waals surface area contributed by atoms with Crippen molar-refractivity contribution in [2.45, 2.75) is 24.9 Å². The van der Waals surface area contributed by atoms with Crippen LogP contribution in [0.1, 0.15) is 22.5 Å². The number of nitriles is 1. The van der Waals surface area contributed by atoms with Crippen molar-refractivity contribution >= 4 is 28.3 Å². The maximum atomic E-state index is 13.4. The number of nitrogens with one attached hydrogen (secondary N) is 2. The highest BCUT2D eigenvalue weighted by molar-refractivity contribution is 7.13. The molecule has 8 nitrogen and oxygen atoms in total. The molecule has 0 unspecified atom stereocenters. The van der Waals surface area contributed by atoms with Gasteiger partial charge in [0.1, 0.15) is 17.5 Å². The van der Waals surface area contributed by atoms with Crippen molar-refractivity contribution < 1.29 is 23.1 Å². The number of carbonyl (C=O) groups excluding carboxylic acids is 2. The van der Waals surface area contributed by atoms with E-state index in [1.807, 2.05) is 24.3 Å². The van der Waals surface area contributed by atoms with Crippen LogP contribution < -0.4 is 15.4 Å². The number of aromatic nitrogens is 1. The molecule has 158 valence electrons. The lowest BCUT2D eigenvalue weighted by molar-refractivity contribution is -0.131. The number of alkyl halides is 2. The number of rotatable bonds is 7. The molecule has 2 N–H and O–H groups in total. The summed E-state index contributed by atoms with van der Waals surface area (Å²) in [6.45, 7) is -0.814. The average Bonchev–Trinajstić information content (AvgIpc) is 3.34. The molecule has 1 saturated heterocycles.